The first-order chi connectivity index (χ1) is 8.37. The number of nitrogens with one attached hydrogen (secondary N) is 1. The summed E-state index contributed by atoms with van der Waals surface area (Å²) in [7, 11) is 1.59. The number of rotatable bonds is 6. The molecular formula is C12H17FN2O3. The molecule has 100 valence electrons. The molecule has 0 heterocycles. The van der Waals surface area contributed by atoms with Crippen molar-refractivity contribution in [3.63, 3.8) is 0 Å². The van der Waals surface area contributed by atoms with Gasteiger partial charge in [0.2, 0.25) is 5.82 Å². The Hall–Kier alpha value is -1.53. The van der Waals surface area contributed by atoms with Crippen LogP contribution in [0.4, 0.5) is 10.1 Å². The summed E-state index contributed by atoms with van der Waals surface area (Å²) < 4.78 is 18.9. The van der Waals surface area contributed by atoms with Crippen molar-refractivity contribution in [2.75, 3.05) is 13.7 Å². The van der Waals surface area contributed by atoms with Gasteiger partial charge in [0.1, 0.15) is 0 Å². The monoisotopic (exact) mass is 256 g/mol. The first kappa shape index (κ1) is 14.5. The number of ether oxygens (including phenoxy) is 1. The molecular weight excluding hydrogens is 239 g/mol. The van der Waals surface area contributed by atoms with E-state index in [9.17, 15) is 14.5 Å². The van der Waals surface area contributed by atoms with Crippen molar-refractivity contribution in [1.29, 1.82) is 0 Å². The van der Waals surface area contributed by atoms with E-state index in [4.69, 9.17) is 4.74 Å². The zero-order chi connectivity index (χ0) is 13.8. The van der Waals surface area contributed by atoms with E-state index < -0.39 is 16.4 Å². The van der Waals surface area contributed by atoms with E-state index in [1.54, 1.807) is 7.11 Å². The van der Waals surface area contributed by atoms with Crippen molar-refractivity contribution in [2.24, 2.45) is 0 Å². The number of hydrogen-bond acceptors (Lipinski definition) is 4. The molecule has 0 amide bonds. The van der Waals surface area contributed by atoms with Crippen molar-refractivity contribution in [3.8, 4) is 0 Å². The summed E-state index contributed by atoms with van der Waals surface area (Å²) in [6, 6.07) is 4.15. The minimum atomic E-state index is -0.787. The van der Waals surface area contributed by atoms with Crippen LogP contribution < -0.4 is 5.32 Å². The van der Waals surface area contributed by atoms with Gasteiger partial charge in [-0.15, -0.1) is 0 Å². The third kappa shape index (κ3) is 3.75. The highest BCUT2D eigenvalue weighted by molar-refractivity contribution is 5.36. The summed E-state index contributed by atoms with van der Waals surface area (Å²) in [6.45, 7) is 4.53. The fourth-order valence-electron chi connectivity index (χ4n) is 1.41. The number of nitro benzene ring substituents is 1. The number of hydrogen-bond donors (Lipinski definition) is 1. The van der Waals surface area contributed by atoms with Gasteiger partial charge in [-0.3, -0.25) is 10.1 Å². The van der Waals surface area contributed by atoms with Gasteiger partial charge in [-0.2, -0.15) is 4.39 Å². The molecule has 1 aromatic carbocycles. The molecule has 0 atom stereocenters. The fourth-order valence-corrected chi connectivity index (χ4v) is 1.41. The van der Waals surface area contributed by atoms with E-state index in [-0.39, 0.29) is 17.7 Å². The second-order valence-electron chi connectivity index (χ2n) is 4.57. The highest BCUT2D eigenvalue weighted by Gasteiger charge is 2.19. The lowest BCUT2D eigenvalue weighted by atomic mass is 10.1. The highest BCUT2D eigenvalue weighted by atomic mass is 19.1. The summed E-state index contributed by atoms with van der Waals surface area (Å²) in [5.74, 6) is -0.787. The molecule has 0 aromatic heterocycles. The molecule has 0 aliphatic carbocycles. The predicted molar refractivity (Wildman–Crippen MR) is 65.8 cm³/mol. The third-order valence-corrected chi connectivity index (χ3v) is 2.67. The second kappa shape index (κ2) is 5.88. The number of nitro groups is 1. The van der Waals surface area contributed by atoms with E-state index in [2.05, 4.69) is 5.32 Å². The quantitative estimate of drug-likeness (QED) is 0.626. The standard InChI is InChI=1S/C12H17FN2O3/c1-12(2,18-3)8-14-7-9-5-4-6-10(11(9)13)15(16)17/h4-6,14H,7-8H2,1-3H3. The SMILES string of the molecule is COC(C)(C)CNCc1cccc([N+](=O)[O-])c1F. The summed E-state index contributed by atoms with van der Waals surface area (Å²) in [4.78, 5) is 9.85. The normalized spacial score (nSPS) is 11.6. The topological polar surface area (TPSA) is 64.4 Å². The molecule has 0 aliphatic heterocycles. The molecule has 0 bridgehead atoms. The van der Waals surface area contributed by atoms with Gasteiger partial charge in [-0.05, 0) is 13.8 Å². The molecule has 18 heavy (non-hydrogen) atoms. The van der Waals surface area contributed by atoms with E-state index in [1.165, 1.54) is 12.1 Å². The molecule has 5 nitrogen and oxygen atoms in total. The van der Waals surface area contributed by atoms with Gasteiger partial charge in [0, 0.05) is 31.8 Å². The largest absolute Gasteiger partial charge is 0.377 e. The summed E-state index contributed by atoms with van der Waals surface area (Å²) in [6.07, 6.45) is 0. The van der Waals surface area contributed by atoms with Crippen molar-refractivity contribution in [2.45, 2.75) is 26.0 Å². The Balaban J connectivity index is 2.69. The molecule has 0 saturated heterocycles. The van der Waals surface area contributed by atoms with Crippen molar-refractivity contribution in [1.82, 2.24) is 5.32 Å². The zero-order valence-electron chi connectivity index (χ0n) is 10.7. The zero-order valence-corrected chi connectivity index (χ0v) is 10.7. The van der Waals surface area contributed by atoms with Crippen molar-refractivity contribution < 1.29 is 14.1 Å². The Morgan fingerprint density at radius 2 is 2.17 bits per heavy atom. The third-order valence-electron chi connectivity index (χ3n) is 2.67. The Labute approximate surface area is 105 Å². The van der Waals surface area contributed by atoms with Gasteiger partial charge in [0.05, 0.1) is 10.5 Å². The van der Waals surface area contributed by atoms with E-state index in [1.807, 2.05) is 13.8 Å². The van der Waals surface area contributed by atoms with Gasteiger partial charge in [-0.25, -0.2) is 0 Å². The molecule has 0 fully saturated rings. The van der Waals surface area contributed by atoms with Crippen LogP contribution in [0.25, 0.3) is 0 Å². The fraction of sp³-hybridized carbons (Fsp3) is 0.500. The van der Waals surface area contributed by atoms with Gasteiger partial charge in [-0.1, -0.05) is 12.1 Å². The van der Waals surface area contributed by atoms with E-state index >= 15 is 0 Å². The lowest BCUT2D eigenvalue weighted by molar-refractivity contribution is -0.387. The van der Waals surface area contributed by atoms with Crippen LogP contribution in [0.2, 0.25) is 0 Å². The lowest BCUT2D eigenvalue weighted by Gasteiger charge is -2.23. The van der Waals surface area contributed by atoms with Crippen LogP contribution in [-0.4, -0.2) is 24.2 Å². The molecule has 0 saturated carbocycles. The van der Waals surface area contributed by atoms with Crippen LogP contribution in [0.3, 0.4) is 0 Å². The summed E-state index contributed by atoms with van der Waals surface area (Å²) in [5, 5.41) is 13.6. The van der Waals surface area contributed by atoms with Crippen LogP contribution in [0.1, 0.15) is 19.4 Å². The van der Waals surface area contributed by atoms with E-state index in [0.717, 1.165) is 6.07 Å². The average Bonchev–Trinajstić information content (AvgIpc) is 2.31. The molecule has 0 unspecified atom stereocenters. The Morgan fingerprint density at radius 3 is 2.72 bits per heavy atom. The maximum absolute atomic E-state index is 13.7. The van der Waals surface area contributed by atoms with Gasteiger partial charge in [0.25, 0.3) is 0 Å². The Kier molecular flexibility index (Phi) is 4.75. The van der Waals surface area contributed by atoms with Gasteiger partial charge >= 0.3 is 5.69 Å². The van der Waals surface area contributed by atoms with Crippen LogP contribution in [0.5, 0.6) is 0 Å². The average molecular weight is 256 g/mol. The smallest absolute Gasteiger partial charge is 0.305 e. The summed E-state index contributed by atoms with van der Waals surface area (Å²) >= 11 is 0. The van der Waals surface area contributed by atoms with Gasteiger partial charge in [0.15, 0.2) is 0 Å². The lowest BCUT2D eigenvalue weighted by Crippen LogP contribution is -2.36. The molecule has 0 spiro atoms. The maximum Gasteiger partial charge on any atom is 0.305 e. The molecule has 0 radical (unpaired) electrons. The first-order valence-electron chi connectivity index (χ1n) is 5.55. The Morgan fingerprint density at radius 1 is 1.50 bits per heavy atom. The van der Waals surface area contributed by atoms with Crippen molar-refractivity contribution in [3.05, 3.63) is 39.7 Å². The second-order valence-corrected chi connectivity index (χ2v) is 4.57. The minimum Gasteiger partial charge on any atom is -0.377 e. The maximum atomic E-state index is 13.7. The molecule has 6 heteroatoms. The first-order valence-corrected chi connectivity index (χ1v) is 5.55. The molecule has 0 aliphatic rings. The van der Waals surface area contributed by atoms with E-state index in [0.29, 0.717) is 6.54 Å². The number of nitrogens with zero attached hydrogens (tertiary/aromatic N) is 1. The molecule has 1 N–H and O–H groups in total. The highest BCUT2D eigenvalue weighted by Crippen LogP contribution is 2.20. The van der Waals surface area contributed by atoms with Crippen LogP contribution in [-0.2, 0) is 11.3 Å². The summed E-state index contributed by atoms with van der Waals surface area (Å²) in [5.41, 5.74) is -0.589. The number of benzene rings is 1. The van der Waals surface area contributed by atoms with Crippen LogP contribution >= 0.6 is 0 Å². The molecule has 1 aromatic rings. The van der Waals surface area contributed by atoms with Crippen LogP contribution in [0, 0.1) is 15.9 Å². The Bertz CT molecular complexity index is 435. The van der Waals surface area contributed by atoms with Crippen LogP contribution in [0.15, 0.2) is 18.2 Å². The number of halogens is 1. The van der Waals surface area contributed by atoms with Gasteiger partial charge < -0.3 is 10.1 Å². The number of methoxy groups -OCH3 is 1. The predicted octanol–water partition coefficient (Wildman–Crippen LogP) is 2.25. The minimum absolute atomic E-state index is 0.223. The van der Waals surface area contributed by atoms with Crippen molar-refractivity contribution >= 4 is 5.69 Å². The molecule has 1 rings (SSSR count).